The highest BCUT2D eigenvalue weighted by Gasteiger charge is 2.20. The van der Waals surface area contributed by atoms with Gasteiger partial charge in [-0.1, -0.05) is 18.2 Å². The highest BCUT2D eigenvalue weighted by Crippen LogP contribution is 2.16. The summed E-state index contributed by atoms with van der Waals surface area (Å²) in [6.07, 6.45) is 0. The van der Waals surface area contributed by atoms with Gasteiger partial charge in [0.2, 0.25) is 5.91 Å². The lowest BCUT2D eigenvalue weighted by Gasteiger charge is -2.26. The third kappa shape index (κ3) is 3.22. The molecule has 0 bridgehead atoms. The highest BCUT2D eigenvalue weighted by molar-refractivity contribution is 7.09. The Labute approximate surface area is 137 Å². The summed E-state index contributed by atoms with van der Waals surface area (Å²) >= 11 is 1.62. The first-order valence-corrected chi connectivity index (χ1v) is 8.34. The Kier molecular flexibility index (Phi) is 4.34. The summed E-state index contributed by atoms with van der Waals surface area (Å²) in [6.45, 7) is 4.49. The van der Waals surface area contributed by atoms with E-state index in [1.807, 2.05) is 37.4 Å². The van der Waals surface area contributed by atoms with Crippen molar-refractivity contribution in [3.8, 4) is 0 Å². The van der Waals surface area contributed by atoms with Crippen molar-refractivity contribution in [2.75, 3.05) is 0 Å². The maximum atomic E-state index is 12.7. The van der Waals surface area contributed by atoms with E-state index in [-0.39, 0.29) is 18.5 Å². The predicted molar refractivity (Wildman–Crippen MR) is 90.5 cm³/mol. The molecule has 0 unspecified atom stereocenters. The molecule has 6 heteroatoms. The third-order valence-electron chi connectivity index (χ3n) is 3.72. The van der Waals surface area contributed by atoms with Crippen LogP contribution in [-0.4, -0.2) is 21.4 Å². The Hall–Kier alpha value is -2.34. The molecule has 1 amide bonds. The number of benzene rings is 1. The lowest BCUT2D eigenvalue weighted by molar-refractivity contribution is -0.134. The third-order valence-corrected chi connectivity index (χ3v) is 4.58. The van der Waals surface area contributed by atoms with Gasteiger partial charge in [-0.3, -0.25) is 9.36 Å². The van der Waals surface area contributed by atoms with E-state index in [0.29, 0.717) is 17.6 Å². The molecule has 0 saturated carbocycles. The second kappa shape index (κ2) is 6.42. The second-order valence-corrected chi connectivity index (χ2v) is 6.65. The van der Waals surface area contributed by atoms with Gasteiger partial charge in [-0.2, -0.15) is 0 Å². The van der Waals surface area contributed by atoms with Crippen LogP contribution >= 0.6 is 11.3 Å². The number of fused-ring (bicyclic) bond motifs is 1. The van der Waals surface area contributed by atoms with Crippen LogP contribution in [0.2, 0.25) is 0 Å². The molecule has 2 aromatic heterocycles. The van der Waals surface area contributed by atoms with E-state index in [9.17, 15) is 9.59 Å². The number of thiophene rings is 1. The number of hydrogen-bond donors (Lipinski definition) is 0. The maximum absolute atomic E-state index is 12.7. The first-order chi connectivity index (χ1) is 11.1. The lowest BCUT2D eigenvalue weighted by Crippen LogP contribution is -2.39. The van der Waals surface area contributed by atoms with Crippen LogP contribution in [0.25, 0.3) is 11.1 Å². The number of hydrogen-bond acceptors (Lipinski definition) is 4. The van der Waals surface area contributed by atoms with Gasteiger partial charge in [0.1, 0.15) is 6.54 Å². The molecule has 2 heterocycles. The van der Waals surface area contributed by atoms with E-state index in [1.165, 1.54) is 4.57 Å². The monoisotopic (exact) mass is 330 g/mol. The van der Waals surface area contributed by atoms with Crippen molar-refractivity contribution >= 4 is 28.3 Å². The van der Waals surface area contributed by atoms with Gasteiger partial charge in [-0.05, 0) is 37.4 Å². The smallest absolute Gasteiger partial charge is 0.408 e. The van der Waals surface area contributed by atoms with Gasteiger partial charge in [0.05, 0.1) is 12.1 Å². The molecule has 3 rings (SSSR count). The molecule has 0 fully saturated rings. The summed E-state index contributed by atoms with van der Waals surface area (Å²) in [7, 11) is 0. The van der Waals surface area contributed by atoms with Crippen LogP contribution in [0.1, 0.15) is 18.7 Å². The van der Waals surface area contributed by atoms with Gasteiger partial charge in [0.25, 0.3) is 0 Å². The molecule has 0 spiro atoms. The van der Waals surface area contributed by atoms with Gasteiger partial charge in [0.15, 0.2) is 5.58 Å². The van der Waals surface area contributed by atoms with Gasteiger partial charge in [0, 0.05) is 10.9 Å². The van der Waals surface area contributed by atoms with Gasteiger partial charge in [-0.15, -0.1) is 11.3 Å². The Morgan fingerprint density at radius 3 is 2.74 bits per heavy atom. The van der Waals surface area contributed by atoms with E-state index in [1.54, 1.807) is 34.4 Å². The first kappa shape index (κ1) is 15.6. The SMILES string of the molecule is CC(C)N(Cc1cccs1)C(=O)Cn1c(=O)oc2ccccc21. The van der Waals surface area contributed by atoms with Crippen molar-refractivity contribution < 1.29 is 9.21 Å². The fourth-order valence-corrected chi connectivity index (χ4v) is 3.22. The van der Waals surface area contributed by atoms with Crippen molar-refractivity contribution in [2.45, 2.75) is 33.0 Å². The van der Waals surface area contributed by atoms with Crippen molar-refractivity contribution in [2.24, 2.45) is 0 Å². The summed E-state index contributed by atoms with van der Waals surface area (Å²) in [5, 5.41) is 1.99. The standard InChI is InChI=1S/C17H18N2O3S/c1-12(2)18(10-13-6-5-9-23-13)16(20)11-19-14-7-3-4-8-15(14)22-17(19)21/h3-9,12H,10-11H2,1-2H3. The Balaban J connectivity index is 1.86. The largest absolute Gasteiger partial charge is 0.420 e. The average Bonchev–Trinajstić information content (AvgIpc) is 3.13. The van der Waals surface area contributed by atoms with Gasteiger partial charge in [-0.25, -0.2) is 4.79 Å². The van der Waals surface area contributed by atoms with Crippen LogP contribution < -0.4 is 5.76 Å². The Morgan fingerprint density at radius 1 is 1.26 bits per heavy atom. The predicted octanol–water partition coefficient (Wildman–Crippen LogP) is 3.09. The number of rotatable bonds is 5. The van der Waals surface area contributed by atoms with Crippen LogP contribution in [0.3, 0.4) is 0 Å². The number of aromatic nitrogens is 1. The molecule has 120 valence electrons. The molecule has 23 heavy (non-hydrogen) atoms. The molecule has 0 N–H and O–H groups in total. The topological polar surface area (TPSA) is 55.5 Å². The average molecular weight is 330 g/mol. The molecule has 0 aliphatic rings. The van der Waals surface area contributed by atoms with Crippen LogP contribution in [0.5, 0.6) is 0 Å². The zero-order chi connectivity index (χ0) is 16.4. The molecule has 0 saturated heterocycles. The number of nitrogens with zero attached hydrogens (tertiary/aromatic N) is 2. The normalized spacial score (nSPS) is 11.3. The van der Waals surface area contributed by atoms with Crippen LogP contribution in [-0.2, 0) is 17.9 Å². The number of amides is 1. The number of carbonyl (C=O) groups is 1. The minimum Gasteiger partial charge on any atom is -0.408 e. The van der Waals surface area contributed by atoms with Crippen LogP contribution in [0, 0.1) is 0 Å². The fraction of sp³-hybridized carbons (Fsp3) is 0.294. The molecular weight excluding hydrogens is 312 g/mol. The first-order valence-electron chi connectivity index (χ1n) is 7.46. The molecule has 0 aliphatic carbocycles. The van der Waals surface area contributed by atoms with Crippen molar-refractivity contribution in [3.05, 3.63) is 57.2 Å². The van der Waals surface area contributed by atoms with E-state index >= 15 is 0 Å². The molecule has 0 radical (unpaired) electrons. The van der Waals surface area contributed by atoms with Crippen molar-refractivity contribution in [3.63, 3.8) is 0 Å². The molecule has 5 nitrogen and oxygen atoms in total. The zero-order valence-electron chi connectivity index (χ0n) is 13.1. The number of carbonyl (C=O) groups excluding carboxylic acids is 1. The highest BCUT2D eigenvalue weighted by atomic mass is 32.1. The molecule has 1 aromatic carbocycles. The molecule has 0 aliphatic heterocycles. The van der Waals surface area contributed by atoms with Crippen molar-refractivity contribution in [1.82, 2.24) is 9.47 Å². The molecule has 3 aromatic rings. The fourth-order valence-electron chi connectivity index (χ4n) is 2.52. The quantitative estimate of drug-likeness (QED) is 0.722. The minimum atomic E-state index is -0.501. The lowest BCUT2D eigenvalue weighted by atomic mass is 10.2. The van der Waals surface area contributed by atoms with E-state index in [0.717, 1.165) is 4.88 Å². The van der Waals surface area contributed by atoms with E-state index in [2.05, 4.69) is 0 Å². The van der Waals surface area contributed by atoms with Crippen LogP contribution in [0.15, 0.2) is 51.0 Å². The van der Waals surface area contributed by atoms with Crippen LogP contribution in [0.4, 0.5) is 0 Å². The molecule has 0 atom stereocenters. The number of oxazole rings is 1. The summed E-state index contributed by atoms with van der Waals surface area (Å²) < 4.78 is 6.58. The Bertz CT molecular complexity index is 861. The van der Waals surface area contributed by atoms with E-state index < -0.39 is 5.76 Å². The maximum Gasteiger partial charge on any atom is 0.420 e. The second-order valence-electron chi connectivity index (χ2n) is 5.62. The summed E-state index contributed by atoms with van der Waals surface area (Å²) in [6, 6.07) is 11.2. The Morgan fingerprint density at radius 2 is 2.04 bits per heavy atom. The van der Waals surface area contributed by atoms with Crippen molar-refractivity contribution in [1.29, 1.82) is 0 Å². The zero-order valence-corrected chi connectivity index (χ0v) is 13.9. The minimum absolute atomic E-state index is 0.0145. The summed E-state index contributed by atoms with van der Waals surface area (Å²) in [5.74, 6) is -0.596. The van der Waals surface area contributed by atoms with Gasteiger partial charge < -0.3 is 9.32 Å². The van der Waals surface area contributed by atoms with E-state index in [4.69, 9.17) is 4.42 Å². The summed E-state index contributed by atoms with van der Waals surface area (Å²) in [4.78, 5) is 27.6. The summed E-state index contributed by atoms with van der Waals surface area (Å²) in [5.41, 5.74) is 1.14. The number of para-hydroxylation sites is 2. The van der Waals surface area contributed by atoms with Gasteiger partial charge >= 0.3 is 5.76 Å². The molecular formula is C17H18N2O3S.